The molecular weight excluding hydrogens is 214 g/mol. The number of carboxylic acids is 1. The maximum absolute atomic E-state index is 11.4. The Morgan fingerprint density at radius 2 is 1.76 bits per heavy atom. The minimum Gasteiger partial charge on any atom is -0.480 e. The Hall–Kier alpha value is -0.570. The third-order valence-electron chi connectivity index (χ3n) is 3.85. The van der Waals surface area contributed by atoms with Crippen LogP contribution in [-0.2, 0) is 4.79 Å². The zero-order valence-electron chi connectivity index (χ0n) is 11.3. The molecule has 1 rings (SSSR count). The molecule has 0 aromatic carbocycles. The molecule has 0 bridgehead atoms. The fourth-order valence-electron chi connectivity index (χ4n) is 2.79. The molecule has 1 aliphatic carbocycles. The molecule has 1 aliphatic rings. The van der Waals surface area contributed by atoms with Crippen LogP contribution in [0.25, 0.3) is 0 Å². The van der Waals surface area contributed by atoms with Crippen LogP contribution in [0.4, 0.5) is 0 Å². The number of aliphatic carboxylic acids is 1. The summed E-state index contributed by atoms with van der Waals surface area (Å²) < 4.78 is 0. The zero-order valence-corrected chi connectivity index (χ0v) is 11.3. The van der Waals surface area contributed by atoms with Crippen molar-refractivity contribution in [3.8, 4) is 0 Å². The van der Waals surface area contributed by atoms with E-state index in [4.69, 9.17) is 0 Å². The van der Waals surface area contributed by atoms with Crippen LogP contribution in [0.2, 0.25) is 0 Å². The standard InChI is InChI=1S/C14H27NO2/c1-3-11-14(2,13(16)17)15-12-9-7-5-4-6-8-10-12/h12,15H,3-11H2,1-2H3,(H,16,17). The van der Waals surface area contributed by atoms with Crippen LogP contribution < -0.4 is 5.32 Å². The van der Waals surface area contributed by atoms with Gasteiger partial charge in [0.25, 0.3) is 0 Å². The Kier molecular flexibility index (Phi) is 5.96. The summed E-state index contributed by atoms with van der Waals surface area (Å²) in [6.07, 6.45) is 10.3. The van der Waals surface area contributed by atoms with Gasteiger partial charge in [-0.25, -0.2) is 0 Å². The van der Waals surface area contributed by atoms with Gasteiger partial charge in [0, 0.05) is 6.04 Å². The third-order valence-corrected chi connectivity index (χ3v) is 3.85. The molecule has 0 saturated heterocycles. The van der Waals surface area contributed by atoms with E-state index in [1.54, 1.807) is 0 Å². The third kappa shape index (κ3) is 4.66. The van der Waals surface area contributed by atoms with Crippen molar-refractivity contribution < 1.29 is 9.90 Å². The number of carbonyl (C=O) groups is 1. The van der Waals surface area contributed by atoms with Gasteiger partial charge in [0.2, 0.25) is 0 Å². The summed E-state index contributed by atoms with van der Waals surface area (Å²) in [6, 6.07) is 0.392. The highest BCUT2D eigenvalue weighted by atomic mass is 16.4. The second-order valence-corrected chi connectivity index (χ2v) is 5.57. The van der Waals surface area contributed by atoms with Crippen molar-refractivity contribution in [3.63, 3.8) is 0 Å². The van der Waals surface area contributed by atoms with E-state index in [1.807, 2.05) is 13.8 Å². The zero-order chi connectivity index (χ0) is 12.7. The molecule has 0 radical (unpaired) electrons. The predicted octanol–water partition coefficient (Wildman–Crippen LogP) is 3.33. The van der Waals surface area contributed by atoms with Gasteiger partial charge in [-0.1, -0.05) is 45.4 Å². The van der Waals surface area contributed by atoms with Gasteiger partial charge in [0.1, 0.15) is 5.54 Å². The van der Waals surface area contributed by atoms with E-state index in [9.17, 15) is 9.90 Å². The molecule has 1 saturated carbocycles. The van der Waals surface area contributed by atoms with E-state index < -0.39 is 11.5 Å². The van der Waals surface area contributed by atoms with Gasteiger partial charge in [-0.3, -0.25) is 10.1 Å². The molecule has 0 spiro atoms. The predicted molar refractivity (Wildman–Crippen MR) is 70.2 cm³/mol. The lowest BCUT2D eigenvalue weighted by Gasteiger charge is -2.32. The lowest BCUT2D eigenvalue weighted by molar-refractivity contribution is -0.145. The molecule has 17 heavy (non-hydrogen) atoms. The molecule has 1 atom stereocenters. The summed E-state index contributed by atoms with van der Waals surface area (Å²) in [5.41, 5.74) is -0.737. The second-order valence-electron chi connectivity index (χ2n) is 5.57. The van der Waals surface area contributed by atoms with Crippen LogP contribution in [0.15, 0.2) is 0 Å². The first-order valence-electron chi connectivity index (χ1n) is 7.09. The number of hydrogen-bond donors (Lipinski definition) is 2. The molecule has 2 N–H and O–H groups in total. The largest absolute Gasteiger partial charge is 0.480 e. The lowest BCUT2D eigenvalue weighted by Crippen LogP contribution is -2.53. The number of hydrogen-bond acceptors (Lipinski definition) is 2. The Bertz CT molecular complexity index is 234. The molecule has 1 unspecified atom stereocenters. The van der Waals surface area contributed by atoms with E-state index in [0.29, 0.717) is 12.5 Å². The van der Waals surface area contributed by atoms with Gasteiger partial charge in [0.05, 0.1) is 0 Å². The van der Waals surface area contributed by atoms with Crippen LogP contribution in [0.1, 0.15) is 71.6 Å². The molecule has 0 aliphatic heterocycles. The molecule has 0 aromatic heterocycles. The summed E-state index contributed by atoms with van der Waals surface area (Å²) in [4.78, 5) is 11.4. The first-order chi connectivity index (χ1) is 8.08. The Balaban J connectivity index is 2.54. The molecule has 0 heterocycles. The van der Waals surface area contributed by atoms with Crippen molar-refractivity contribution in [1.29, 1.82) is 0 Å². The monoisotopic (exact) mass is 241 g/mol. The number of nitrogens with one attached hydrogen (secondary N) is 1. The maximum atomic E-state index is 11.4. The van der Waals surface area contributed by atoms with Gasteiger partial charge >= 0.3 is 5.97 Å². The van der Waals surface area contributed by atoms with Gasteiger partial charge in [0.15, 0.2) is 0 Å². The van der Waals surface area contributed by atoms with Crippen molar-refractivity contribution in [2.75, 3.05) is 0 Å². The van der Waals surface area contributed by atoms with Gasteiger partial charge in [-0.15, -0.1) is 0 Å². The molecule has 3 heteroatoms. The van der Waals surface area contributed by atoms with Crippen LogP contribution in [-0.4, -0.2) is 22.7 Å². The first-order valence-corrected chi connectivity index (χ1v) is 7.09. The highest BCUT2D eigenvalue weighted by molar-refractivity contribution is 5.78. The van der Waals surface area contributed by atoms with E-state index in [-0.39, 0.29) is 0 Å². The van der Waals surface area contributed by atoms with Gasteiger partial charge in [-0.05, 0) is 26.2 Å². The summed E-state index contributed by atoms with van der Waals surface area (Å²) in [5.74, 6) is -0.707. The Morgan fingerprint density at radius 3 is 2.24 bits per heavy atom. The molecular formula is C14H27NO2. The van der Waals surface area contributed by atoms with E-state index >= 15 is 0 Å². The highest BCUT2D eigenvalue weighted by Gasteiger charge is 2.33. The smallest absolute Gasteiger partial charge is 0.323 e. The Labute approximate surface area is 105 Å². The second kappa shape index (κ2) is 7.00. The quantitative estimate of drug-likeness (QED) is 0.776. The summed E-state index contributed by atoms with van der Waals surface area (Å²) in [6.45, 7) is 3.87. The maximum Gasteiger partial charge on any atom is 0.323 e. The van der Waals surface area contributed by atoms with E-state index in [2.05, 4.69) is 5.32 Å². The van der Waals surface area contributed by atoms with Crippen LogP contribution >= 0.6 is 0 Å². The average molecular weight is 241 g/mol. The molecule has 3 nitrogen and oxygen atoms in total. The summed E-state index contributed by atoms with van der Waals surface area (Å²) in [5, 5.41) is 12.8. The summed E-state index contributed by atoms with van der Waals surface area (Å²) >= 11 is 0. The van der Waals surface area contributed by atoms with E-state index in [1.165, 1.54) is 32.1 Å². The number of rotatable bonds is 5. The fraction of sp³-hybridized carbons (Fsp3) is 0.929. The Morgan fingerprint density at radius 1 is 1.24 bits per heavy atom. The van der Waals surface area contributed by atoms with Crippen molar-refractivity contribution in [2.45, 2.75) is 83.2 Å². The minimum atomic E-state index is -0.737. The van der Waals surface area contributed by atoms with E-state index in [0.717, 1.165) is 19.3 Å². The van der Waals surface area contributed by atoms with Crippen LogP contribution in [0, 0.1) is 0 Å². The van der Waals surface area contributed by atoms with Gasteiger partial charge in [-0.2, -0.15) is 0 Å². The molecule has 0 amide bonds. The van der Waals surface area contributed by atoms with Crippen LogP contribution in [0.5, 0.6) is 0 Å². The topological polar surface area (TPSA) is 49.3 Å². The average Bonchev–Trinajstić information content (AvgIpc) is 2.22. The molecule has 1 fully saturated rings. The van der Waals surface area contributed by atoms with Crippen molar-refractivity contribution in [1.82, 2.24) is 5.32 Å². The summed E-state index contributed by atoms with van der Waals surface area (Å²) in [7, 11) is 0. The lowest BCUT2D eigenvalue weighted by atomic mass is 9.91. The van der Waals surface area contributed by atoms with Crippen LogP contribution in [0.3, 0.4) is 0 Å². The highest BCUT2D eigenvalue weighted by Crippen LogP contribution is 2.21. The van der Waals surface area contributed by atoms with Crippen molar-refractivity contribution in [2.24, 2.45) is 0 Å². The minimum absolute atomic E-state index is 0.392. The SMILES string of the molecule is CCCC(C)(NC1CCCCCCC1)C(=O)O. The van der Waals surface area contributed by atoms with Gasteiger partial charge < -0.3 is 5.11 Å². The fourth-order valence-corrected chi connectivity index (χ4v) is 2.79. The first kappa shape index (κ1) is 14.5. The number of carboxylic acid groups (broad SMARTS) is 1. The van der Waals surface area contributed by atoms with Crippen molar-refractivity contribution in [3.05, 3.63) is 0 Å². The molecule has 100 valence electrons. The molecule has 0 aromatic rings. The van der Waals surface area contributed by atoms with Crippen molar-refractivity contribution >= 4 is 5.97 Å². The normalized spacial score (nSPS) is 22.5.